The van der Waals surface area contributed by atoms with Crippen LogP contribution < -0.4 is 0 Å². The number of hydrogen-bond donors (Lipinski definition) is 1. The number of rotatable bonds is 1. The van der Waals surface area contributed by atoms with Crippen LogP contribution in [0.5, 0.6) is 5.75 Å². The molecule has 0 spiro atoms. The van der Waals surface area contributed by atoms with Crippen LogP contribution in [0, 0.1) is 0 Å². The summed E-state index contributed by atoms with van der Waals surface area (Å²) in [5.74, 6) is 0.214. The summed E-state index contributed by atoms with van der Waals surface area (Å²) in [6, 6.07) is 7.02. The lowest BCUT2D eigenvalue weighted by Gasteiger charge is -1.99. The molecule has 0 saturated carbocycles. The first kappa shape index (κ1) is 8.31. The number of halogens is 1. The first-order valence-electron chi connectivity index (χ1n) is 3.67. The van der Waals surface area contributed by atoms with Gasteiger partial charge >= 0.3 is 0 Å². The van der Waals surface area contributed by atoms with Crippen molar-refractivity contribution in [3.8, 4) is 16.9 Å². The summed E-state index contributed by atoms with van der Waals surface area (Å²) in [7, 11) is 0. The molecule has 0 unspecified atom stereocenters. The number of benzene rings is 1. The number of aromatic hydroxyl groups is 1. The Morgan fingerprint density at radius 1 is 1.23 bits per heavy atom. The van der Waals surface area contributed by atoms with Gasteiger partial charge in [0.1, 0.15) is 5.75 Å². The molecule has 4 heteroatoms. The Labute approximate surface area is 83.1 Å². The molecule has 0 radical (unpaired) electrons. The SMILES string of the molecule is Oc1ccccc1-c1cnoc1Br. The highest BCUT2D eigenvalue weighted by molar-refractivity contribution is 9.10. The van der Waals surface area contributed by atoms with Gasteiger partial charge in [0.25, 0.3) is 0 Å². The van der Waals surface area contributed by atoms with E-state index < -0.39 is 0 Å². The van der Waals surface area contributed by atoms with E-state index in [2.05, 4.69) is 21.1 Å². The molecule has 3 nitrogen and oxygen atoms in total. The zero-order valence-electron chi connectivity index (χ0n) is 6.57. The summed E-state index contributed by atoms with van der Waals surface area (Å²) < 4.78 is 5.35. The van der Waals surface area contributed by atoms with Crippen LogP contribution in [-0.4, -0.2) is 10.3 Å². The molecule has 0 aliphatic rings. The van der Waals surface area contributed by atoms with Crippen LogP contribution in [0.3, 0.4) is 0 Å². The summed E-state index contributed by atoms with van der Waals surface area (Å²) >= 11 is 3.20. The maximum atomic E-state index is 9.52. The minimum absolute atomic E-state index is 0.214. The van der Waals surface area contributed by atoms with Crippen molar-refractivity contribution in [3.05, 3.63) is 35.1 Å². The topological polar surface area (TPSA) is 46.3 Å². The molecule has 0 aliphatic heterocycles. The van der Waals surface area contributed by atoms with E-state index in [4.69, 9.17) is 4.52 Å². The van der Waals surface area contributed by atoms with Gasteiger partial charge in [-0.05, 0) is 22.0 Å². The zero-order chi connectivity index (χ0) is 9.26. The molecule has 0 atom stereocenters. The van der Waals surface area contributed by atoms with Crippen LogP contribution in [0.4, 0.5) is 0 Å². The molecule has 1 N–H and O–H groups in total. The van der Waals surface area contributed by atoms with Crippen LogP contribution in [0.25, 0.3) is 11.1 Å². The second-order valence-electron chi connectivity index (χ2n) is 2.53. The second-order valence-corrected chi connectivity index (χ2v) is 3.25. The molecule has 1 aromatic carbocycles. The normalized spacial score (nSPS) is 10.2. The predicted molar refractivity (Wildman–Crippen MR) is 51.3 cm³/mol. The van der Waals surface area contributed by atoms with Gasteiger partial charge in [0.2, 0.25) is 4.67 Å². The summed E-state index contributed by atoms with van der Waals surface area (Å²) in [4.78, 5) is 0. The lowest BCUT2D eigenvalue weighted by molar-refractivity contribution is 0.400. The Morgan fingerprint density at radius 2 is 2.00 bits per heavy atom. The van der Waals surface area contributed by atoms with Crippen LogP contribution in [0.2, 0.25) is 0 Å². The van der Waals surface area contributed by atoms with Crippen LogP contribution in [-0.2, 0) is 0 Å². The van der Waals surface area contributed by atoms with Gasteiger partial charge in [0, 0.05) is 5.56 Å². The average molecular weight is 240 g/mol. The smallest absolute Gasteiger partial charge is 0.209 e. The number of para-hydroxylation sites is 1. The van der Waals surface area contributed by atoms with E-state index >= 15 is 0 Å². The molecule has 0 fully saturated rings. The van der Waals surface area contributed by atoms with Gasteiger partial charge in [-0.25, -0.2) is 0 Å². The van der Waals surface area contributed by atoms with E-state index in [1.807, 2.05) is 6.07 Å². The maximum Gasteiger partial charge on any atom is 0.209 e. The molecule has 0 bridgehead atoms. The molecular weight excluding hydrogens is 234 g/mol. The maximum absolute atomic E-state index is 9.52. The quantitative estimate of drug-likeness (QED) is 0.833. The minimum atomic E-state index is 0.214. The Kier molecular flexibility index (Phi) is 2.06. The van der Waals surface area contributed by atoms with Crippen molar-refractivity contribution in [1.82, 2.24) is 5.16 Å². The zero-order valence-corrected chi connectivity index (χ0v) is 8.15. The Hall–Kier alpha value is -1.29. The van der Waals surface area contributed by atoms with Crippen molar-refractivity contribution in [2.75, 3.05) is 0 Å². The molecule has 1 heterocycles. The average Bonchev–Trinajstić information content (AvgIpc) is 2.52. The van der Waals surface area contributed by atoms with E-state index in [0.717, 1.165) is 5.56 Å². The number of phenolic OH excluding ortho intramolecular Hbond substituents is 1. The minimum Gasteiger partial charge on any atom is -0.507 e. The van der Waals surface area contributed by atoms with Crippen LogP contribution in [0.15, 0.2) is 39.7 Å². The molecule has 13 heavy (non-hydrogen) atoms. The number of nitrogens with zero attached hydrogens (tertiary/aromatic N) is 1. The molecule has 0 saturated heterocycles. The molecule has 2 aromatic rings. The fourth-order valence-electron chi connectivity index (χ4n) is 1.10. The highest BCUT2D eigenvalue weighted by atomic mass is 79.9. The molecular formula is C9H6BrNO2. The van der Waals surface area contributed by atoms with Crippen molar-refractivity contribution >= 4 is 15.9 Å². The summed E-state index contributed by atoms with van der Waals surface area (Å²) in [6.07, 6.45) is 1.55. The van der Waals surface area contributed by atoms with Crippen molar-refractivity contribution in [2.45, 2.75) is 0 Å². The summed E-state index contributed by atoms with van der Waals surface area (Å²) in [5, 5.41) is 13.1. The third kappa shape index (κ3) is 1.45. The first-order chi connectivity index (χ1) is 6.29. The van der Waals surface area contributed by atoms with Crippen LogP contribution in [0.1, 0.15) is 0 Å². The Morgan fingerprint density at radius 3 is 2.62 bits per heavy atom. The van der Waals surface area contributed by atoms with Gasteiger partial charge in [0.15, 0.2) is 0 Å². The fraction of sp³-hybridized carbons (Fsp3) is 0. The number of aromatic nitrogens is 1. The Balaban J connectivity index is 2.59. The summed E-state index contributed by atoms with van der Waals surface area (Å²) in [5.41, 5.74) is 1.45. The summed E-state index contributed by atoms with van der Waals surface area (Å²) in [6.45, 7) is 0. The lowest BCUT2D eigenvalue weighted by atomic mass is 10.1. The molecule has 0 aliphatic carbocycles. The number of hydrogen-bond acceptors (Lipinski definition) is 3. The fourth-order valence-corrected chi connectivity index (χ4v) is 1.50. The van der Waals surface area contributed by atoms with E-state index in [1.165, 1.54) is 0 Å². The van der Waals surface area contributed by atoms with Gasteiger partial charge in [-0.2, -0.15) is 0 Å². The van der Waals surface area contributed by atoms with Crippen molar-refractivity contribution in [1.29, 1.82) is 0 Å². The molecule has 0 amide bonds. The van der Waals surface area contributed by atoms with Gasteiger partial charge in [-0.1, -0.05) is 23.4 Å². The van der Waals surface area contributed by atoms with E-state index in [1.54, 1.807) is 24.4 Å². The van der Waals surface area contributed by atoms with Gasteiger partial charge in [-0.15, -0.1) is 0 Å². The first-order valence-corrected chi connectivity index (χ1v) is 4.47. The van der Waals surface area contributed by atoms with Gasteiger partial charge in [-0.3, -0.25) is 0 Å². The highest BCUT2D eigenvalue weighted by Crippen LogP contribution is 2.33. The van der Waals surface area contributed by atoms with E-state index in [9.17, 15) is 5.11 Å². The Bertz CT molecular complexity index is 425. The predicted octanol–water partition coefficient (Wildman–Crippen LogP) is 2.81. The van der Waals surface area contributed by atoms with Crippen molar-refractivity contribution < 1.29 is 9.63 Å². The molecule has 1 aromatic heterocycles. The second kappa shape index (κ2) is 3.22. The van der Waals surface area contributed by atoms with Crippen molar-refractivity contribution in [3.63, 3.8) is 0 Å². The van der Waals surface area contributed by atoms with Gasteiger partial charge in [0.05, 0.1) is 11.8 Å². The van der Waals surface area contributed by atoms with E-state index in [0.29, 0.717) is 10.2 Å². The third-order valence-corrected chi connectivity index (χ3v) is 2.29. The van der Waals surface area contributed by atoms with Gasteiger partial charge < -0.3 is 9.63 Å². The molecule has 2 rings (SSSR count). The van der Waals surface area contributed by atoms with Crippen LogP contribution >= 0.6 is 15.9 Å². The van der Waals surface area contributed by atoms with Crippen molar-refractivity contribution in [2.24, 2.45) is 0 Å². The lowest BCUT2D eigenvalue weighted by Crippen LogP contribution is -1.75. The standard InChI is InChI=1S/C9H6BrNO2/c10-9-7(5-11-13-9)6-3-1-2-4-8(6)12/h1-5,12H. The molecule has 66 valence electrons. The number of phenols is 1. The van der Waals surface area contributed by atoms with E-state index in [-0.39, 0.29) is 5.75 Å². The third-order valence-electron chi connectivity index (χ3n) is 1.72. The largest absolute Gasteiger partial charge is 0.507 e. The monoisotopic (exact) mass is 239 g/mol. The highest BCUT2D eigenvalue weighted by Gasteiger charge is 2.10.